The normalized spacial score (nSPS) is 14.1. The number of hydrogen-bond donors (Lipinski definition) is 24. The number of rotatable bonds is 60. The van der Waals surface area contributed by atoms with Gasteiger partial charge < -0.3 is 130 Å². The van der Waals surface area contributed by atoms with Crippen LogP contribution in [-0.4, -0.2) is 210 Å². The second kappa shape index (κ2) is 52.9. The first kappa shape index (κ1) is 98.8. The van der Waals surface area contributed by atoms with Gasteiger partial charge in [-0.05, 0) is 182 Å². The highest BCUT2D eigenvalue weighted by atomic mass is 16.2. The van der Waals surface area contributed by atoms with E-state index in [1.807, 2.05) is 97.1 Å². The van der Waals surface area contributed by atoms with Crippen LogP contribution in [0.1, 0.15) is 164 Å². The number of aromatic nitrogens is 4. The summed E-state index contributed by atoms with van der Waals surface area (Å²) in [7, 11) is 0. The number of nitrogens with one attached hydrogen (secondary N) is 15. The average Bonchev–Trinajstić information content (AvgIpc) is 1.70. The molecule has 0 radical (unpaired) electrons. The number of H-pyrrole nitrogens is 4. The standard InChI is InChI=1S/C89H132N24O12/c90-39-16-9-27-63(94)79(115)110-74(47-55-51-103-67-31-5-1-23-59(55)67)85(121)100-44-21-14-35-71(108-88(124)76(112-81(117)65(96)29-11-18-41-92)49-57-53-105-69-33-7-3-25-61(57)69)83(119)99-43-20-13-36-72(84(120)102-46-38-78(98)114)107-87(123)73(109-89(125)77(113-82(118)66(97)30-12-19-42-93)50-58-54-106-70-34-8-4-26-62(58)70)37-15-22-45-101-86(122)75(111-80(116)64(95)28-10-17-40-91)48-56-52-104-68-32-6-2-24-60(56)68/h1-8,23-26,31-34,51-54,63-66,71-77,103-106H,9-22,27-30,35-50,90-97H2,(H2,98,114)(H,99,119)(H,100,121)(H,101,122)(H,102,120)(H,107,123)(H,108,124)(H,109,125)(H,110,115)(H,111,116)(H,112,117)(H,113,118)/t63-,64-,65-,66-,71-,72-,73-,74-,75-,76-,77-/m0/s1. The minimum Gasteiger partial charge on any atom is -0.370 e. The fraction of sp³-hybridized carbons (Fsp3) is 0.506. The van der Waals surface area contributed by atoms with Gasteiger partial charge in [0.15, 0.2) is 0 Å². The first-order valence-corrected chi connectivity index (χ1v) is 43.9. The van der Waals surface area contributed by atoms with E-state index < -0.39 is 137 Å². The van der Waals surface area contributed by atoms with Crippen LogP contribution >= 0.6 is 0 Å². The third-order valence-electron chi connectivity index (χ3n) is 22.4. The van der Waals surface area contributed by atoms with Crippen molar-refractivity contribution in [1.82, 2.24) is 78.4 Å². The summed E-state index contributed by atoms with van der Waals surface area (Å²) in [5.74, 6) is -7.54. The zero-order valence-electron chi connectivity index (χ0n) is 71.5. The summed E-state index contributed by atoms with van der Waals surface area (Å²) in [6, 6.07) is 17.5. The van der Waals surface area contributed by atoms with Crippen LogP contribution in [0, 0.1) is 0 Å². The Morgan fingerprint density at radius 1 is 0.256 bits per heavy atom. The lowest BCUT2D eigenvalue weighted by atomic mass is 10.0. The van der Waals surface area contributed by atoms with E-state index in [0.717, 1.165) is 54.7 Å². The average molecular weight is 1730 g/mol. The molecule has 8 aromatic rings. The van der Waals surface area contributed by atoms with Crippen molar-refractivity contribution < 1.29 is 57.5 Å². The molecule has 0 aliphatic rings. The number of aromatic amines is 4. The molecule has 0 fully saturated rings. The maximum atomic E-state index is 15.2. The summed E-state index contributed by atoms with van der Waals surface area (Å²) in [4.78, 5) is 183. The molecule has 0 unspecified atom stereocenters. The number of hydrogen-bond acceptors (Lipinski definition) is 20. The van der Waals surface area contributed by atoms with Crippen LogP contribution < -0.4 is 110 Å². The van der Waals surface area contributed by atoms with Crippen LogP contribution in [0.4, 0.5) is 0 Å². The Balaban J connectivity index is 1.01. The van der Waals surface area contributed by atoms with E-state index in [0.29, 0.717) is 114 Å². The third kappa shape index (κ3) is 32.1. The molecule has 36 heteroatoms. The lowest BCUT2D eigenvalue weighted by Crippen LogP contribution is -2.58. The fourth-order valence-electron chi connectivity index (χ4n) is 15.1. The Bertz CT molecular complexity index is 4790. The highest BCUT2D eigenvalue weighted by molar-refractivity contribution is 5.98. The predicted molar refractivity (Wildman–Crippen MR) is 482 cm³/mol. The lowest BCUT2D eigenvalue weighted by molar-refractivity contribution is -0.134. The molecule has 4 heterocycles. The zero-order valence-corrected chi connectivity index (χ0v) is 71.5. The quantitative estimate of drug-likeness (QED) is 0.0236. The Labute approximate surface area is 728 Å². The number of amides is 12. The predicted octanol–water partition coefficient (Wildman–Crippen LogP) is 0.952. The summed E-state index contributed by atoms with van der Waals surface area (Å²) in [5.41, 5.74) is 60.0. The van der Waals surface area contributed by atoms with Gasteiger partial charge in [0, 0.05) is 127 Å². The number of unbranched alkanes of at least 4 members (excludes halogenated alkanes) is 7. The van der Waals surface area contributed by atoms with Gasteiger partial charge >= 0.3 is 0 Å². The Morgan fingerprint density at radius 3 is 0.736 bits per heavy atom. The van der Waals surface area contributed by atoms with Gasteiger partial charge in [0.1, 0.15) is 42.3 Å². The molecule has 0 bridgehead atoms. The number of primary amides is 1. The molecule has 125 heavy (non-hydrogen) atoms. The van der Waals surface area contributed by atoms with E-state index in [9.17, 15) is 47.9 Å². The van der Waals surface area contributed by atoms with Crippen molar-refractivity contribution in [1.29, 1.82) is 0 Å². The van der Waals surface area contributed by atoms with E-state index in [2.05, 4.69) is 78.4 Å². The van der Waals surface area contributed by atoms with Gasteiger partial charge in [-0.25, -0.2) is 0 Å². The molecular formula is C89H132N24O12. The van der Waals surface area contributed by atoms with Crippen LogP contribution in [0.3, 0.4) is 0 Å². The van der Waals surface area contributed by atoms with Crippen molar-refractivity contribution in [3.8, 4) is 0 Å². The monoisotopic (exact) mass is 1730 g/mol. The Kier molecular flexibility index (Phi) is 41.8. The largest absolute Gasteiger partial charge is 0.370 e. The van der Waals surface area contributed by atoms with Gasteiger partial charge in [-0.2, -0.15) is 0 Å². The molecule has 0 saturated heterocycles. The molecule has 33 N–H and O–H groups in total. The van der Waals surface area contributed by atoms with Crippen molar-refractivity contribution in [3.05, 3.63) is 144 Å². The zero-order chi connectivity index (χ0) is 90.0. The number of benzene rings is 4. The third-order valence-corrected chi connectivity index (χ3v) is 22.4. The van der Waals surface area contributed by atoms with Crippen molar-refractivity contribution in [2.45, 2.75) is 233 Å². The molecule has 680 valence electrons. The Morgan fingerprint density at radius 2 is 0.472 bits per heavy atom. The van der Waals surface area contributed by atoms with E-state index in [-0.39, 0.29) is 116 Å². The summed E-state index contributed by atoms with van der Waals surface area (Å²) < 4.78 is 0. The number of para-hydroxylation sites is 4. The molecule has 8 rings (SSSR count). The number of fused-ring (bicyclic) bond motifs is 4. The molecule has 4 aromatic carbocycles. The minimum atomic E-state index is -1.41. The SMILES string of the molecule is NCCCC[C@H](N)C(=O)N[C@@H](Cc1c[nH]c2ccccc12)C(=O)NCCCC[C@H](NC(=O)[C@H](Cc1c[nH]c2ccccc12)NC(=O)[C@@H](N)CCCCN)C(=O)NCCCC[C@H](NC(=O)[C@H](CCCCNC(=O)[C@H](Cc1c[nH]c2ccccc12)NC(=O)[C@@H](N)CCCCN)NC(=O)[C@H](Cc1c[nH]c2ccccc12)NC(=O)[C@@H](N)CCCCN)C(=O)NCCC(N)=O. The van der Waals surface area contributed by atoms with Gasteiger partial charge in [0.05, 0.1) is 24.2 Å². The van der Waals surface area contributed by atoms with E-state index in [4.69, 9.17) is 51.6 Å². The Hall–Kier alpha value is -11.6. The number of carbonyl (C=O) groups excluding carboxylic acids is 12. The molecule has 36 nitrogen and oxygen atoms in total. The van der Waals surface area contributed by atoms with E-state index in [1.165, 1.54) is 0 Å². The van der Waals surface area contributed by atoms with Crippen molar-refractivity contribution >= 4 is 114 Å². The highest BCUT2D eigenvalue weighted by Gasteiger charge is 2.35. The van der Waals surface area contributed by atoms with Crippen molar-refractivity contribution in [2.75, 3.05) is 52.4 Å². The first-order chi connectivity index (χ1) is 60.4. The van der Waals surface area contributed by atoms with Crippen LogP contribution in [0.25, 0.3) is 43.6 Å². The number of nitrogens with two attached hydrogens (primary N) is 9. The second-order valence-electron chi connectivity index (χ2n) is 32.1. The van der Waals surface area contributed by atoms with E-state index >= 15 is 9.59 Å². The van der Waals surface area contributed by atoms with Gasteiger partial charge in [-0.1, -0.05) is 98.5 Å². The molecule has 0 saturated carbocycles. The molecule has 11 atom stereocenters. The van der Waals surface area contributed by atoms with Crippen LogP contribution in [0.5, 0.6) is 0 Å². The first-order valence-electron chi connectivity index (χ1n) is 43.9. The van der Waals surface area contributed by atoms with E-state index in [1.54, 1.807) is 24.8 Å². The summed E-state index contributed by atoms with van der Waals surface area (Å²) >= 11 is 0. The second-order valence-corrected chi connectivity index (χ2v) is 32.1. The minimum absolute atomic E-state index is 0.00591. The van der Waals surface area contributed by atoms with Gasteiger partial charge in [-0.15, -0.1) is 0 Å². The molecule has 0 aliphatic heterocycles. The van der Waals surface area contributed by atoms with Gasteiger partial charge in [-0.3, -0.25) is 57.5 Å². The smallest absolute Gasteiger partial charge is 0.243 e. The summed E-state index contributed by atoms with van der Waals surface area (Å²) in [6.45, 7) is 1.52. The summed E-state index contributed by atoms with van der Waals surface area (Å²) in [6.07, 6.45) is 14.2. The van der Waals surface area contributed by atoms with Gasteiger partial charge in [0.2, 0.25) is 70.9 Å². The fourth-order valence-corrected chi connectivity index (χ4v) is 15.1. The van der Waals surface area contributed by atoms with Crippen LogP contribution in [0.15, 0.2) is 122 Å². The van der Waals surface area contributed by atoms with Crippen LogP contribution in [0.2, 0.25) is 0 Å². The van der Waals surface area contributed by atoms with Crippen molar-refractivity contribution in [2.24, 2.45) is 51.6 Å². The maximum absolute atomic E-state index is 15.2. The molecular weight excluding hydrogens is 1600 g/mol. The molecule has 12 amide bonds. The highest BCUT2D eigenvalue weighted by Crippen LogP contribution is 2.25. The van der Waals surface area contributed by atoms with Crippen LogP contribution in [-0.2, 0) is 83.2 Å². The molecule has 4 aromatic heterocycles. The maximum Gasteiger partial charge on any atom is 0.243 e. The molecule has 0 aliphatic carbocycles. The number of carbonyl (C=O) groups is 12. The molecule has 0 spiro atoms. The lowest BCUT2D eigenvalue weighted by Gasteiger charge is -2.26. The summed E-state index contributed by atoms with van der Waals surface area (Å²) in [5, 5.41) is 34.8. The van der Waals surface area contributed by atoms with Gasteiger partial charge in [0.25, 0.3) is 0 Å². The topological polar surface area (TPSA) is 635 Å². The van der Waals surface area contributed by atoms with Crippen molar-refractivity contribution in [3.63, 3.8) is 0 Å².